The van der Waals surface area contributed by atoms with E-state index in [1.54, 1.807) is 18.2 Å². The minimum Gasteiger partial charge on any atom is -0.322 e. The summed E-state index contributed by atoms with van der Waals surface area (Å²) in [6, 6.07) is 6.02. The summed E-state index contributed by atoms with van der Waals surface area (Å²) < 4.78 is 26.7. The number of nitrogens with one attached hydrogen (secondary N) is 1. The van der Waals surface area contributed by atoms with Crippen molar-refractivity contribution in [1.29, 1.82) is 0 Å². The van der Waals surface area contributed by atoms with Crippen LogP contribution in [0.2, 0.25) is 0 Å². The zero-order valence-electron chi connectivity index (χ0n) is 8.97. The van der Waals surface area contributed by atoms with Gasteiger partial charge in [-0.3, -0.25) is 4.79 Å². The molecule has 0 unspecified atom stereocenters. The molecule has 0 aliphatic heterocycles. The fourth-order valence-electron chi connectivity index (χ4n) is 1.73. The summed E-state index contributed by atoms with van der Waals surface area (Å²) in [7, 11) is 0. The van der Waals surface area contributed by atoms with Crippen molar-refractivity contribution in [2.45, 2.75) is 19.8 Å². The van der Waals surface area contributed by atoms with E-state index >= 15 is 0 Å². The van der Waals surface area contributed by atoms with Gasteiger partial charge in [-0.25, -0.2) is 8.78 Å². The molecule has 84 valence electrons. The lowest BCUT2D eigenvalue weighted by atomic mass is 10.0. The van der Waals surface area contributed by atoms with Crippen LogP contribution in [0.4, 0.5) is 8.78 Å². The molecule has 1 heterocycles. The Balaban J connectivity index is 2.91. The molecule has 0 atom stereocenters. The molecule has 4 heteroatoms. The third-order valence-electron chi connectivity index (χ3n) is 2.47. The maximum Gasteiger partial charge on any atom is 0.271 e. The maximum absolute atomic E-state index is 13.3. The summed E-state index contributed by atoms with van der Waals surface area (Å²) in [5, 5.41) is 0.395. The number of fused-ring (bicyclic) bond motifs is 1. The lowest BCUT2D eigenvalue weighted by Crippen LogP contribution is -2.14. The van der Waals surface area contributed by atoms with Crippen molar-refractivity contribution >= 4 is 10.9 Å². The summed E-state index contributed by atoms with van der Waals surface area (Å²) in [5.41, 5.74) is 0.586. The smallest absolute Gasteiger partial charge is 0.271 e. The van der Waals surface area contributed by atoms with Crippen molar-refractivity contribution in [2.75, 3.05) is 0 Å². The summed E-state index contributed by atoms with van der Waals surface area (Å²) in [4.78, 5) is 13.8. The second-order valence-corrected chi connectivity index (χ2v) is 3.98. The standard InChI is InChI=1S/C12H11F2NO/c1-7-3-4-10-8(5-7)9(12(2,13)14)6-11(16)15-10/h3-6H,1-2H3,(H,15,16). The minimum absolute atomic E-state index is 0.227. The van der Waals surface area contributed by atoms with E-state index in [9.17, 15) is 13.6 Å². The summed E-state index contributed by atoms with van der Waals surface area (Å²) in [5.74, 6) is -3.01. The monoisotopic (exact) mass is 223 g/mol. The molecule has 2 rings (SSSR count). The highest BCUT2D eigenvalue weighted by Gasteiger charge is 2.27. The molecular formula is C12H11F2NO. The van der Waals surface area contributed by atoms with Gasteiger partial charge < -0.3 is 4.98 Å². The zero-order valence-corrected chi connectivity index (χ0v) is 8.97. The third kappa shape index (κ3) is 1.83. The highest BCUT2D eigenvalue weighted by atomic mass is 19.3. The maximum atomic E-state index is 13.3. The number of hydrogen-bond acceptors (Lipinski definition) is 1. The molecule has 0 aliphatic rings. The topological polar surface area (TPSA) is 32.9 Å². The molecule has 1 N–H and O–H groups in total. The number of pyridine rings is 1. The van der Waals surface area contributed by atoms with Gasteiger partial charge in [0.1, 0.15) is 0 Å². The Morgan fingerprint density at radius 2 is 1.94 bits per heavy atom. The lowest BCUT2D eigenvalue weighted by Gasteiger charge is -2.13. The second kappa shape index (κ2) is 3.40. The number of H-pyrrole nitrogens is 1. The van der Waals surface area contributed by atoms with Gasteiger partial charge in [0, 0.05) is 29.5 Å². The van der Waals surface area contributed by atoms with E-state index < -0.39 is 11.5 Å². The van der Waals surface area contributed by atoms with E-state index in [1.807, 2.05) is 6.92 Å². The first-order valence-corrected chi connectivity index (χ1v) is 4.90. The summed E-state index contributed by atoms with van der Waals surface area (Å²) >= 11 is 0. The number of rotatable bonds is 1. The number of aromatic nitrogens is 1. The largest absolute Gasteiger partial charge is 0.322 e. The summed E-state index contributed by atoms with van der Waals surface area (Å²) in [6.07, 6.45) is 0. The van der Waals surface area contributed by atoms with Crippen LogP contribution >= 0.6 is 0 Å². The fourth-order valence-corrected chi connectivity index (χ4v) is 1.73. The van der Waals surface area contributed by atoms with Gasteiger partial charge >= 0.3 is 0 Å². The van der Waals surface area contributed by atoms with Gasteiger partial charge in [-0.05, 0) is 19.1 Å². The number of alkyl halides is 2. The van der Waals surface area contributed by atoms with Gasteiger partial charge in [-0.15, -0.1) is 0 Å². The molecule has 1 aromatic heterocycles. The minimum atomic E-state index is -3.01. The Kier molecular flexibility index (Phi) is 2.30. The third-order valence-corrected chi connectivity index (χ3v) is 2.47. The van der Waals surface area contributed by atoms with Crippen molar-refractivity contribution in [3.63, 3.8) is 0 Å². The molecule has 0 spiro atoms. The van der Waals surface area contributed by atoms with Crippen LogP contribution in [-0.2, 0) is 5.92 Å². The van der Waals surface area contributed by atoms with E-state index in [-0.39, 0.29) is 5.56 Å². The van der Waals surface area contributed by atoms with Gasteiger partial charge in [0.2, 0.25) is 5.56 Å². The van der Waals surface area contributed by atoms with Crippen molar-refractivity contribution in [1.82, 2.24) is 4.98 Å². The Bertz CT molecular complexity index is 596. The van der Waals surface area contributed by atoms with Crippen molar-refractivity contribution in [2.24, 2.45) is 0 Å². The molecule has 2 nitrogen and oxygen atoms in total. The lowest BCUT2D eigenvalue weighted by molar-refractivity contribution is 0.0189. The van der Waals surface area contributed by atoms with Gasteiger partial charge in [0.25, 0.3) is 5.92 Å². The van der Waals surface area contributed by atoms with Gasteiger partial charge in [-0.2, -0.15) is 0 Å². The van der Waals surface area contributed by atoms with Crippen molar-refractivity contribution in [3.05, 3.63) is 45.7 Å². The Hall–Kier alpha value is -1.71. The van der Waals surface area contributed by atoms with Gasteiger partial charge in [0.15, 0.2) is 0 Å². The highest BCUT2D eigenvalue weighted by molar-refractivity contribution is 5.83. The van der Waals surface area contributed by atoms with Crippen LogP contribution in [-0.4, -0.2) is 4.98 Å². The normalized spacial score (nSPS) is 12.0. The fraction of sp³-hybridized carbons (Fsp3) is 0.250. The van der Waals surface area contributed by atoms with Crippen molar-refractivity contribution in [3.8, 4) is 0 Å². The molecule has 2 aromatic rings. The van der Waals surface area contributed by atoms with Crippen LogP contribution in [0.1, 0.15) is 18.1 Å². The Labute approximate surface area is 90.9 Å². The number of aromatic amines is 1. The van der Waals surface area contributed by atoms with Crippen molar-refractivity contribution < 1.29 is 8.78 Å². The highest BCUT2D eigenvalue weighted by Crippen LogP contribution is 2.31. The van der Waals surface area contributed by atoms with Crippen LogP contribution in [0.3, 0.4) is 0 Å². The first kappa shape index (κ1) is 10.8. The van der Waals surface area contributed by atoms with E-state index in [0.29, 0.717) is 10.9 Å². The molecule has 0 saturated heterocycles. The Morgan fingerprint density at radius 1 is 1.25 bits per heavy atom. The average Bonchev–Trinajstić information content (AvgIpc) is 2.16. The number of hydrogen-bond donors (Lipinski definition) is 1. The van der Waals surface area contributed by atoms with E-state index in [0.717, 1.165) is 18.6 Å². The van der Waals surface area contributed by atoms with Crippen LogP contribution < -0.4 is 5.56 Å². The first-order valence-electron chi connectivity index (χ1n) is 4.90. The SMILES string of the molecule is Cc1ccc2[nH]c(=O)cc(C(C)(F)F)c2c1. The number of aryl methyl sites for hydroxylation is 1. The quantitative estimate of drug-likeness (QED) is 0.792. The van der Waals surface area contributed by atoms with Crippen LogP contribution in [0.25, 0.3) is 10.9 Å². The predicted molar refractivity (Wildman–Crippen MR) is 58.9 cm³/mol. The van der Waals surface area contributed by atoms with Crippen LogP contribution in [0, 0.1) is 6.92 Å². The van der Waals surface area contributed by atoms with Crippen LogP contribution in [0.15, 0.2) is 29.1 Å². The van der Waals surface area contributed by atoms with Gasteiger partial charge in [0.05, 0.1) is 0 Å². The van der Waals surface area contributed by atoms with E-state index in [1.165, 1.54) is 0 Å². The van der Waals surface area contributed by atoms with E-state index in [2.05, 4.69) is 4.98 Å². The molecule has 0 aliphatic carbocycles. The summed E-state index contributed by atoms with van der Waals surface area (Å²) in [6.45, 7) is 2.62. The Morgan fingerprint density at radius 3 is 2.56 bits per heavy atom. The predicted octanol–water partition coefficient (Wildman–Crippen LogP) is 2.95. The van der Waals surface area contributed by atoms with Crippen LogP contribution in [0.5, 0.6) is 0 Å². The first-order chi connectivity index (χ1) is 7.38. The number of halogens is 2. The molecule has 0 radical (unpaired) electrons. The van der Waals surface area contributed by atoms with Gasteiger partial charge in [-0.1, -0.05) is 11.6 Å². The second-order valence-electron chi connectivity index (χ2n) is 3.98. The molecular weight excluding hydrogens is 212 g/mol. The zero-order chi connectivity index (χ0) is 11.9. The molecule has 16 heavy (non-hydrogen) atoms. The number of benzene rings is 1. The molecule has 0 fully saturated rings. The molecule has 1 aromatic carbocycles. The molecule has 0 saturated carbocycles. The molecule has 0 amide bonds. The van der Waals surface area contributed by atoms with E-state index in [4.69, 9.17) is 0 Å². The molecule has 0 bridgehead atoms. The average molecular weight is 223 g/mol.